The van der Waals surface area contributed by atoms with Gasteiger partial charge in [0, 0.05) is 6.54 Å². The predicted octanol–water partition coefficient (Wildman–Crippen LogP) is 3.39. The van der Waals surface area contributed by atoms with Gasteiger partial charge >= 0.3 is 0 Å². The molecule has 1 N–H and O–H groups in total. The van der Waals surface area contributed by atoms with E-state index in [0.29, 0.717) is 0 Å². The maximum atomic E-state index is 12.8. The molecule has 2 aliphatic rings. The molecular formula is C18H26N2O. The van der Waals surface area contributed by atoms with Crippen LogP contribution in [0.4, 0.5) is 0 Å². The largest absolute Gasteiger partial charge is 0.321 e. The summed E-state index contributed by atoms with van der Waals surface area (Å²) in [5.41, 5.74) is 2.03. The first-order valence-electron chi connectivity index (χ1n) is 8.19. The molecule has 1 amide bonds. The molecule has 1 saturated heterocycles. The highest BCUT2D eigenvalue weighted by atomic mass is 16.2. The molecule has 0 radical (unpaired) electrons. The van der Waals surface area contributed by atoms with E-state index in [1.165, 1.54) is 24.0 Å². The lowest BCUT2D eigenvalue weighted by atomic mass is 9.99. The Kier molecular flexibility index (Phi) is 3.78. The van der Waals surface area contributed by atoms with Crippen LogP contribution in [0.15, 0.2) is 24.3 Å². The van der Waals surface area contributed by atoms with E-state index in [2.05, 4.69) is 48.3 Å². The van der Waals surface area contributed by atoms with Crippen LogP contribution >= 0.6 is 0 Å². The van der Waals surface area contributed by atoms with Crippen LogP contribution in [0.5, 0.6) is 0 Å². The fraction of sp³-hybridized carbons (Fsp3) is 0.611. The van der Waals surface area contributed by atoms with Crippen molar-refractivity contribution >= 4 is 5.91 Å². The molecule has 0 bridgehead atoms. The van der Waals surface area contributed by atoms with E-state index in [1.54, 1.807) is 0 Å². The molecule has 1 aromatic carbocycles. The summed E-state index contributed by atoms with van der Waals surface area (Å²) in [4.78, 5) is 14.9. The third-order valence-corrected chi connectivity index (χ3v) is 5.08. The van der Waals surface area contributed by atoms with Crippen LogP contribution in [-0.2, 0) is 4.79 Å². The van der Waals surface area contributed by atoms with Crippen molar-refractivity contribution in [2.75, 3.05) is 6.54 Å². The minimum Gasteiger partial charge on any atom is -0.321 e. The lowest BCUT2D eigenvalue weighted by Gasteiger charge is -2.24. The molecule has 3 rings (SSSR count). The summed E-state index contributed by atoms with van der Waals surface area (Å²) in [6.07, 6.45) is 4.69. The zero-order valence-corrected chi connectivity index (χ0v) is 13.4. The number of nitrogens with zero attached hydrogens (tertiary/aromatic N) is 1. The van der Waals surface area contributed by atoms with E-state index in [9.17, 15) is 4.79 Å². The van der Waals surface area contributed by atoms with Crippen LogP contribution in [0.1, 0.15) is 56.8 Å². The molecule has 114 valence electrons. The average Bonchev–Trinajstić information content (AvgIpc) is 3.27. The summed E-state index contributed by atoms with van der Waals surface area (Å²) in [5.74, 6) is 1.11. The molecule has 0 aromatic heterocycles. The highest BCUT2D eigenvalue weighted by Crippen LogP contribution is 2.37. The first kappa shape index (κ1) is 14.6. The van der Waals surface area contributed by atoms with Crippen molar-refractivity contribution in [3.63, 3.8) is 0 Å². The number of nitrogens with one attached hydrogen (secondary N) is 1. The Bertz CT molecular complexity index is 521. The Labute approximate surface area is 127 Å². The van der Waals surface area contributed by atoms with E-state index < -0.39 is 5.54 Å². The first-order chi connectivity index (χ1) is 10.0. The van der Waals surface area contributed by atoms with Crippen molar-refractivity contribution in [3.05, 3.63) is 35.4 Å². The standard InChI is InChI=1S/C18H26N2O/c1-4-18(3)17(21)20(12-11-14-7-8-14)16(19-18)15-9-5-13(2)6-10-15/h5-6,9-10,14,16,19H,4,7-8,11-12H2,1-3H3. The van der Waals surface area contributed by atoms with E-state index in [1.807, 2.05) is 6.92 Å². The number of hydrogen-bond donors (Lipinski definition) is 1. The third kappa shape index (κ3) is 2.84. The zero-order valence-electron chi connectivity index (χ0n) is 13.4. The van der Waals surface area contributed by atoms with E-state index >= 15 is 0 Å². The van der Waals surface area contributed by atoms with Crippen LogP contribution in [0, 0.1) is 12.8 Å². The minimum absolute atomic E-state index is 0.0294. The third-order valence-electron chi connectivity index (χ3n) is 5.08. The van der Waals surface area contributed by atoms with Gasteiger partial charge < -0.3 is 4.90 Å². The van der Waals surface area contributed by atoms with E-state index in [4.69, 9.17) is 0 Å². The summed E-state index contributed by atoms with van der Waals surface area (Å²) in [6.45, 7) is 7.10. The van der Waals surface area contributed by atoms with Gasteiger partial charge in [-0.25, -0.2) is 0 Å². The maximum Gasteiger partial charge on any atom is 0.244 e. The topological polar surface area (TPSA) is 32.3 Å². The smallest absolute Gasteiger partial charge is 0.244 e. The number of carbonyl (C=O) groups is 1. The van der Waals surface area contributed by atoms with Crippen molar-refractivity contribution in [1.29, 1.82) is 0 Å². The molecule has 1 saturated carbocycles. The Hall–Kier alpha value is -1.35. The molecule has 2 atom stereocenters. The fourth-order valence-corrected chi connectivity index (χ4v) is 3.10. The van der Waals surface area contributed by atoms with Gasteiger partial charge in [0.1, 0.15) is 6.17 Å². The number of carbonyl (C=O) groups excluding carboxylic acids is 1. The van der Waals surface area contributed by atoms with Crippen molar-refractivity contribution in [1.82, 2.24) is 10.2 Å². The summed E-state index contributed by atoms with van der Waals surface area (Å²) >= 11 is 0. The van der Waals surface area contributed by atoms with Gasteiger partial charge in [0.05, 0.1) is 5.54 Å². The van der Waals surface area contributed by atoms with Gasteiger partial charge in [-0.2, -0.15) is 0 Å². The molecule has 0 spiro atoms. The number of hydrogen-bond acceptors (Lipinski definition) is 2. The number of aryl methyl sites for hydroxylation is 1. The quantitative estimate of drug-likeness (QED) is 0.900. The Morgan fingerprint density at radius 3 is 2.52 bits per heavy atom. The summed E-state index contributed by atoms with van der Waals surface area (Å²) in [7, 11) is 0. The molecule has 3 nitrogen and oxygen atoms in total. The summed E-state index contributed by atoms with van der Waals surface area (Å²) in [5, 5.41) is 3.57. The molecule has 2 fully saturated rings. The number of amides is 1. The van der Waals surface area contributed by atoms with Crippen molar-refractivity contribution < 1.29 is 4.79 Å². The molecule has 3 heteroatoms. The van der Waals surface area contributed by atoms with Gasteiger partial charge in [0.25, 0.3) is 0 Å². The second kappa shape index (κ2) is 5.45. The van der Waals surface area contributed by atoms with Crippen molar-refractivity contribution in [2.45, 2.75) is 58.2 Å². The van der Waals surface area contributed by atoms with Crippen molar-refractivity contribution in [3.8, 4) is 0 Å². The van der Waals surface area contributed by atoms with Gasteiger partial charge in [-0.15, -0.1) is 0 Å². The lowest BCUT2D eigenvalue weighted by Crippen LogP contribution is -2.43. The monoisotopic (exact) mass is 286 g/mol. The van der Waals surface area contributed by atoms with Gasteiger partial charge in [0.15, 0.2) is 0 Å². The maximum absolute atomic E-state index is 12.8. The zero-order chi connectivity index (χ0) is 15.0. The van der Waals surface area contributed by atoms with Crippen LogP contribution in [-0.4, -0.2) is 22.9 Å². The Morgan fingerprint density at radius 2 is 1.95 bits per heavy atom. The van der Waals surface area contributed by atoms with Crippen LogP contribution in [0.3, 0.4) is 0 Å². The van der Waals surface area contributed by atoms with Gasteiger partial charge in [0.2, 0.25) is 5.91 Å². The molecule has 1 aliphatic heterocycles. The number of rotatable bonds is 5. The molecular weight excluding hydrogens is 260 g/mol. The van der Waals surface area contributed by atoms with E-state index in [0.717, 1.165) is 25.3 Å². The Morgan fingerprint density at radius 1 is 1.29 bits per heavy atom. The van der Waals surface area contributed by atoms with Gasteiger partial charge in [-0.1, -0.05) is 49.6 Å². The molecule has 2 unspecified atom stereocenters. The second-order valence-corrected chi connectivity index (χ2v) is 6.87. The summed E-state index contributed by atoms with van der Waals surface area (Å²) in [6, 6.07) is 8.54. The highest BCUT2D eigenvalue weighted by molar-refractivity contribution is 5.88. The van der Waals surface area contributed by atoms with Gasteiger partial charge in [-0.3, -0.25) is 10.1 Å². The fourth-order valence-electron chi connectivity index (χ4n) is 3.10. The summed E-state index contributed by atoms with van der Waals surface area (Å²) < 4.78 is 0. The van der Waals surface area contributed by atoms with Gasteiger partial charge in [-0.05, 0) is 38.2 Å². The molecule has 1 heterocycles. The Balaban J connectivity index is 1.83. The average molecular weight is 286 g/mol. The first-order valence-corrected chi connectivity index (χ1v) is 8.19. The number of benzene rings is 1. The normalized spacial score (nSPS) is 29.2. The lowest BCUT2D eigenvalue weighted by molar-refractivity contribution is -0.133. The minimum atomic E-state index is -0.418. The van der Waals surface area contributed by atoms with Crippen molar-refractivity contribution in [2.24, 2.45) is 5.92 Å². The molecule has 1 aromatic rings. The van der Waals surface area contributed by atoms with E-state index in [-0.39, 0.29) is 12.1 Å². The van der Waals surface area contributed by atoms with Crippen LogP contribution in [0.25, 0.3) is 0 Å². The SMILES string of the molecule is CCC1(C)NC(c2ccc(C)cc2)N(CCC2CC2)C1=O. The highest BCUT2D eigenvalue weighted by Gasteiger charge is 2.47. The van der Waals surface area contributed by atoms with Crippen LogP contribution in [0.2, 0.25) is 0 Å². The molecule has 1 aliphatic carbocycles. The second-order valence-electron chi connectivity index (χ2n) is 6.87. The molecule has 21 heavy (non-hydrogen) atoms. The predicted molar refractivity (Wildman–Crippen MR) is 84.8 cm³/mol. The van der Waals surface area contributed by atoms with Crippen LogP contribution < -0.4 is 5.32 Å².